The normalized spacial score (nSPS) is 20.2. The fourth-order valence-electron chi connectivity index (χ4n) is 2.42. The molecule has 96 valence electrons. The van der Waals surface area contributed by atoms with Gasteiger partial charge in [-0.25, -0.2) is 0 Å². The van der Waals surface area contributed by atoms with E-state index in [1.807, 2.05) is 48.5 Å². The van der Waals surface area contributed by atoms with Gasteiger partial charge in [0.25, 0.3) is 0 Å². The van der Waals surface area contributed by atoms with Crippen LogP contribution >= 0.6 is 23.5 Å². The molecule has 2 nitrogen and oxygen atoms in total. The van der Waals surface area contributed by atoms with Crippen molar-refractivity contribution in [2.24, 2.45) is 0 Å². The molecule has 0 amide bonds. The minimum Gasteiger partial charge on any atom is -0.288 e. The van der Waals surface area contributed by atoms with Crippen molar-refractivity contribution in [3.63, 3.8) is 0 Å². The predicted molar refractivity (Wildman–Crippen MR) is 80.9 cm³/mol. The Bertz CT molecular complexity index is 806. The van der Waals surface area contributed by atoms with Gasteiger partial charge >= 0.3 is 0 Å². The summed E-state index contributed by atoms with van der Waals surface area (Å²) in [7, 11) is 0. The van der Waals surface area contributed by atoms with Crippen LogP contribution in [0.15, 0.2) is 63.2 Å². The Balaban J connectivity index is 1.94. The number of carbonyl (C=O) groups is 2. The molecule has 0 radical (unpaired) electrons. The van der Waals surface area contributed by atoms with Crippen molar-refractivity contribution in [2.75, 3.05) is 0 Å². The van der Waals surface area contributed by atoms with Crippen molar-refractivity contribution in [2.45, 2.75) is 9.79 Å². The van der Waals surface area contributed by atoms with E-state index in [1.165, 1.54) is 23.5 Å². The molecule has 20 heavy (non-hydrogen) atoms. The Morgan fingerprint density at radius 3 is 2.00 bits per heavy atom. The number of rotatable bonds is 0. The zero-order valence-electron chi connectivity index (χ0n) is 10.3. The molecule has 2 aliphatic rings. The van der Waals surface area contributed by atoms with Crippen LogP contribution < -0.4 is 0 Å². The van der Waals surface area contributed by atoms with Crippen molar-refractivity contribution in [3.8, 4) is 0 Å². The van der Waals surface area contributed by atoms with Crippen LogP contribution in [0.2, 0.25) is 0 Å². The van der Waals surface area contributed by atoms with Gasteiger partial charge in [-0.1, -0.05) is 42.1 Å². The number of carbonyl (C=O) groups excluding carboxylic acids is 2. The summed E-state index contributed by atoms with van der Waals surface area (Å²) in [5.74, 6) is -0.0359. The molecule has 0 saturated heterocycles. The van der Waals surface area contributed by atoms with Crippen LogP contribution in [0.3, 0.4) is 0 Å². The molecule has 0 spiro atoms. The van der Waals surface area contributed by atoms with E-state index in [9.17, 15) is 9.59 Å². The third kappa shape index (κ3) is 1.62. The van der Waals surface area contributed by atoms with Gasteiger partial charge < -0.3 is 0 Å². The highest BCUT2D eigenvalue weighted by molar-refractivity contribution is 8.15. The summed E-state index contributed by atoms with van der Waals surface area (Å²) >= 11 is 2.61. The second-order valence-corrected chi connectivity index (χ2v) is 6.58. The van der Waals surface area contributed by atoms with E-state index in [2.05, 4.69) is 0 Å². The summed E-state index contributed by atoms with van der Waals surface area (Å²) in [6.45, 7) is 0. The molecular formula is C16H8O2S2. The smallest absolute Gasteiger partial charge is 0.226 e. The highest BCUT2D eigenvalue weighted by atomic mass is 32.2. The number of thioether (sulfide) groups is 2. The molecule has 0 N–H and O–H groups in total. The van der Waals surface area contributed by atoms with Crippen molar-refractivity contribution >= 4 is 40.0 Å². The van der Waals surface area contributed by atoms with Crippen LogP contribution in [-0.2, 0) is 4.79 Å². The SMILES string of the molecule is O=C1Sc2ccccc2/C1=C1/Sc2ccccc2C1=O. The van der Waals surface area contributed by atoms with E-state index >= 15 is 0 Å². The van der Waals surface area contributed by atoms with Gasteiger partial charge in [0.1, 0.15) is 0 Å². The Labute approximate surface area is 124 Å². The molecule has 4 heteroatoms. The third-order valence-corrected chi connectivity index (χ3v) is 5.48. The van der Waals surface area contributed by atoms with Crippen LogP contribution in [0, 0.1) is 0 Å². The molecule has 0 atom stereocenters. The van der Waals surface area contributed by atoms with Crippen molar-refractivity contribution in [1.29, 1.82) is 0 Å². The van der Waals surface area contributed by atoms with E-state index in [0.717, 1.165) is 15.4 Å². The third-order valence-electron chi connectivity index (χ3n) is 3.34. The van der Waals surface area contributed by atoms with Gasteiger partial charge in [0, 0.05) is 20.9 Å². The molecule has 0 aromatic heterocycles. The number of Topliss-reactive ketones (excluding diaryl/α,β-unsaturated/α-hetero) is 1. The van der Waals surface area contributed by atoms with E-state index in [0.29, 0.717) is 16.0 Å². The fraction of sp³-hybridized carbons (Fsp3) is 0. The van der Waals surface area contributed by atoms with E-state index in [-0.39, 0.29) is 10.9 Å². The van der Waals surface area contributed by atoms with Gasteiger partial charge in [-0.2, -0.15) is 0 Å². The van der Waals surface area contributed by atoms with Crippen LogP contribution in [0.1, 0.15) is 15.9 Å². The fourth-order valence-corrected chi connectivity index (χ4v) is 4.57. The monoisotopic (exact) mass is 296 g/mol. The van der Waals surface area contributed by atoms with Gasteiger partial charge in [-0.15, -0.1) is 0 Å². The van der Waals surface area contributed by atoms with E-state index in [4.69, 9.17) is 0 Å². The van der Waals surface area contributed by atoms with Crippen LogP contribution in [0.5, 0.6) is 0 Å². The highest BCUT2D eigenvalue weighted by Crippen LogP contribution is 2.49. The lowest BCUT2D eigenvalue weighted by atomic mass is 10.0. The molecule has 0 fully saturated rings. The number of fused-ring (bicyclic) bond motifs is 2. The molecule has 2 aromatic rings. The van der Waals surface area contributed by atoms with Crippen LogP contribution in [0.4, 0.5) is 0 Å². The molecule has 0 saturated carbocycles. The van der Waals surface area contributed by atoms with Gasteiger partial charge in [-0.3, -0.25) is 9.59 Å². The predicted octanol–water partition coefficient (Wildman–Crippen LogP) is 4.02. The zero-order chi connectivity index (χ0) is 13.7. The summed E-state index contributed by atoms with van der Waals surface area (Å²) in [5.41, 5.74) is 2.14. The summed E-state index contributed by atoms with van der Waals surface area (Å²) in [5, 5.41) is -0.0325. The topological polar surface area (TPSA) is 34.1 Å². The van der Waals surface area contributed by atoms with Crippen molar-refractivity contribution in [3.05, 3.63) is 64.6 Å². The summed E-state index contributed by atoms with van der Waals surface area (Å²) in [6.07, 6.45) is 0. The highest BCUT2D eigenvalue weighted by Gasteiger charge is 2.35. The quantitative estimate of drug-likeness (QED) is 0.688. The van der Waals surface area contributed by atoms with Gasteiger partial charge in [0.05, 0.1) is 10.5 Å². The maximum atomic E-state index is 12.5. The van der Waals surface area contributed by atoms with E-state index in [1.54, 1.807) is 0 Å². The average Bonchev–Trinajstić information content (AvgIpc) is 2.96. The lowest BCUT2D eigenvalue weighted by Crippen LogP contribution is -2.00. The van der Waals surface area contributed by atoms with Gasteiger partial charge in [0.15, 0.2) is 0 Å². The average molecular weight is 296 g/mol. The van der Waals surface area contributed by atoms with Gasteiger partial charge in [0.2, 0.25) is 10.9 Å². The van der Waals surface area contributed by atoms with Crippen molar-refractivity contribution in [1.82, 2.24) is 0 Å². The Morgan fingerprint density at radius 2 is 1.30 bits per heavy atom. The standard InChI is InChI=1S/C16H8O2S2/c17-14-10-6-2-4-8-12(10)19-15(14)13-9-5-1-3-7-11(9)20-16(13)18/h1-8H/b15-13-. The number of hydrogen-bond acceptors (Lipinski definition) is 4. The van der Waals surface area contributed by atoms with Crippen LogP contribution in [0.25, 0.3) is 5.57 Å². The second-order valence-electron chi connectivity index (χ2n) is 4.52. The molecule has 2 aromatic carbocycles. The molecule has 0 unspecified atom stereocenters. The lowest BCUT2D eigenvalue weighted by molar-refractivity contribution is -0.106. The Morgan fingerprint density at radius 1 is 0.700 bits per heavy atom. The first kappa shape index (κ1) is 12.0. The molecule has 4 rings (SSSR count). The molecular weight excluding hydrogens is 288 g/mol. The van der Waals surface area contributed by atoms with E-state index < -0.39 is 0 Å². The lowest BCUT2D eigenvalue weighted by Gasteiger charge is -2.01. The largest absolute Gasteiger partial charge is 0.288 e. The number of hydrogen-bond donors (Lipinski definition) is 0. The minimum absolute atomic E-state index is 0.0325. The summed E-state index contributed by atoms with van der Waals surface area (Å²) in [6, 6.07) is 15.1. The van der Waals surface area contributed by atoms with Crippen molar-refractivity contribution < 1.29 is 9.59 Å². The van der Waals surface area contributed by atoms with Gasteiger partial charge in [-0.05, 0) is 30.0 Å². The van der Waals surface area contributed by atoms with Crippen LogP contribution in [-0.4, -0.2) is 10.9 Å². The summed E-state index contributed by atoms with van der Waals surface area (Å²) in [4.78, 5) is 27.2. The first-order valence-corrected chi connectivity index (χ1v) is 7.76. The first-order valence-electron chi connectivity index (χ1n) is 6.13. The maximum Gasteiger partial charge on any atom is 0.226 e. The first-order chi connectivity index (χ1) is 9.75. The zero-order valence-corrected chi connectivity index (χ0v) is 11.9. The Kier molecular flexibility index (Phi) is 2.62. The minimum atomic E-state index is -0.0359. The number of benzene rings is 2. The molecule has 0 bridgehead atoms. The molecule has 0 aliphatic carbocycles. The summed E-state index contributed by atoms with van der Waals surface area (Å²) < 4.78 is 0. The molecule has 2 heterocycles. The number of ketones is 1. The molecule has 2 aliphatic heterocycles. The maximum absolute atomic E-state index is 12.5. The second kappa shape index (κ2) is 4.36. The Hall–Kier alpha value is -1.78. The number of allylic oxidation sites excluding steroid dienone is 1.